The Hall–Kier alpha value is -0.830. The third-order valence-electron chi connectivity index (χ3n) is 1.77. The summed E-state index contributed by atoms with van der Waals surface area (Å²) in [6, 6.07) is -0.362. The summed E-state index contributed by atoms with van der Waals surface area (Å²) in [7, 11) is 0. The Morgan fingerprint density at radius 2 is 2.23 bits per heavy atom. The molecule has 13 heavy (non-hydrogen) atoms. The summed E-state index contributed by atoms with van der Waals surface area (Å²) in [6.45, 7) is 8.17. The Labute approximate surface area is 80.4 Å². The Morgan fingerprint density at radius 1 is 1.62 bits per heavy atom. The molecule has 0 aromatic rings. The third-order valence-corrected chi connectivity index (χ3v) is 1.77. The average Bonchev–Trinajstić information content (AvgIpc) is 2.10. The van der Waals surface area contributed by atoms with Gasteiger partial charge in [0.15, 0.2) is 0 Å². The first-order valence-electron chi connectivity index (χ1n) is 4.75. The smallest absolute Gasteiger partial charge is 0.237 e. The van der Waals surface area contributed by atoms with Crippen molar-refractivity contribution in [3.63, 3.8) is 0 Å². The molecule has 0 saturated carbocycles. The lowest BCUT2D eigenvalue weighted by atomic mass is 10.1. The average molecular weight is 184 g/mol. The van der Waals surface area contributed by atoms with Crippen LogP contribution >= 0.6 is 0 Å². The Kier molecular flexibility index (Phi) is 6.24. The fourth-order valence-corrected chi connectivity index (χ4v) is 0.924. The first-order valence-corrected chi connectivity index (χ1v) is 4.75. The maximum Gasteiger partial charge on any atom is 0.237 e. The molecule has 3 nitrogen and oxygen atoms in total. The van der Waals surface area contributed by atoms with Gasteiger partial charge >= 0.3 is 0 Å². The van der Waals surface area contributed by atoms with Crippen molar-refractivity contribution in [2.75, 3.05) is 6.54 Å². The molecule has 0 bridgehead atoms. The van der Waals surface area contributed by atoms with Crippen LogP contribution in [0.3, 0.4) is 0 Å². The van der Waals surface area contributed by atoms with Crippen LogP contribution < -0.4 is 11.1 Å². The fraction of sp³-hybridized carbons (Fsp3) is 0.700. The van der Waals surface area contributed by atoms with E-state index in [0.29, 0.717) is 6.54 Å². The predicted octanol–water partition coefficient (Wildman–Crippen LogP) is 1.20. The molecule has 0 fully saturated rings. The third kappa shape index (κ3) is 6.34. The molecule has 3 N–H and O–H groups in total. The van der Waals surface area contributed by atoms with Gasteiger partial charge in [0, 0.05) is 6.54 Å². The van der Waals surface area contributed by atoms with E-state index in [1.165, 1.54) is 0 Å². The van der Waals surface area contributed by atoms with Gasteiger partial charge in [0.05, 0.1) is 6.04 Å². The van der Waals surface area contributed by atoms with E-state index in [-0.39, 0.29) is 11.9 Å². The van der Waals surface area contributed by atoms with E-state index in [9.17, 15) is 4.79 Å². The topological polar surface area (TPSA) is 55.1 Å². The molecule has 0 radical (unpaired) electrons. The van der Waals surface area contributed by atoms with Crippen molar-refractivity contribution in [2.45, 2.75) is 39.2 Å². The van der Waals surface area contributed by atoms with Crippen LogP contribution in [0.25, 0.3) is 0 Å². The van der Waals surface area contributed by atoms with Gasteiger partial charge in [0.25, 0.3) is 0 Å². The summed E-state index contributed by atoms with van der Waals surface area (Å²) in [5, 5.41) is 2.73. The molecule has 1 amide bonds. The summed E-state index contributed by atoms with van der Waals surface area (Å²) in [5.41, 5.74) is 6.59. The second-order valence-corrected chi connectivity index (χ2v) is 3.42. The van der Waals surface area contributed by atoms with Crippen molar-refractivity contribution in [2.24, 2.45) is 5.73 Å². The van der Waals surface area contributed by atoms with E-state index in [4.69, 9.17) is 5.73 Å². The van der Waals surface area contributed by atoms with E-state index in [2.05, 4.69) is 18.8 Å². The molecule has 0 aromatic heterocycles. The van der Waals surface area contributed by atoms with E-state index >= 15 is 0 Å². The van der Waals surface area contributed by atoms with Crippen molar-refractivity contribution in [3.8, 4) is 0 Å². The zero-order valence-corrected chi connectivity index (χ0v) is 8.60. The molecule has 0 unspecified atom stereocenters. The highest BCUT2D eigenvalue weighted by Gasteiger charge is 2.11. The SMILES string of the molecule is C=C(C)CNC(=O)[C@@H](N)CCCC. The van der Waals surface area contributed by atoms with E-state index in [1.807, 2.05) is 6.92 Å². The van der Waals surface area contributed by atoms with Crippen molar-refractivity contribution < 1.29 is 4.79 Å². The molecule has 0 aliphatic heterocycles. The van der Waals surface area contributed by atoms with Gasteiger partial charge in [-0.1, -0.05) is 31.9 Å². The van der Waals surface area contributed by atoms with Gasteiger partial charge in [-0.25, -0.2) is 0 Å². The maximum absolute atomic E-state index is 11.3. The highest BCUT2D eigenvalue weighted by atomic mass is 16.2. The number of carbonyl (C=O) groups excluding carboxylic acids is 1. The van der Waals surface area contributed by atoms with Crippen LogP contribution in [0.4, 0.5) is 0 Å². The number of nitrogens with two attached hydrogens (primary N) is 1. The zero-order chi connectivity index (χ0) is 10.3. The second-order valence-electron chi connectivity index (χ2n) is 3.42. The number of hydrogen-bond donors (Lipinski definition) is 2. The Morgan fingerprint density at radius 3 is 2.69 bits per heavy atom. The molecule has 0 saturated heterocycles. The van der Waals surface area contributed by atoms with Crippen LogP contribution in [0.2, 0.25) is 0 Å². The summed E-state index contributed by atoms with van der Waals surface area (Å²) in [6.07, 6.45) is 2.83. The van der Waals surface area contributed by atoms with Crippen LogP contribution in [0.15, 0.2) is 12.2 Å². The minimum absolute atomic E-state index is 0.0727. The van der Waals surface area contributed by atoms with Gasteiger partial charge in [-0.05, 0) is 13.3 Å². The molecule has 0 heterocycles. The second kappa shape index (κ2) is 6.66. The Bertz CT molecular complexity index is 178. The minimum atomic E-state index is -0.362. The van der Waals surface area contributed by atoms with Crippen molar-refractivity contribution in [1.29, 1.82) is 0 Å². The van der Waals surface area contributed by atoms with Gasteiger partial charge in [-0.3, -0.25) is 4.79 Å². The van der Waals surface area contributed by atoms with E-state index < -0.39 is 0 Å². The summed E-state index contributed by atoms with van der Waals surface area (Å²) >= 11 is 0. The van der Waals surface area contributed by atoms with Crippen LogP contribution in [0.5, 0.6) is 0 Å². The van der Waals surface area contributed by atoms with Gasteiger partial charge in [-0.15, -0.1) is 0 Å². The molecule has 76 valence electrons. The zero-order valence-electron chi connectivity index (χ0n) is 8.60. The van der Waals surface area contributed by atoms with E-state index in [0.717, 1.165) is 24.8 Å². The lowest BCUT2D eigenvalue weighted by Gasteiger charge is -2.11. The van der Waals surface area contributed by atoms with Gasteiger partial charge in [-0.2, -0.15) is 0 Å². The van der Waals surface area contributed by atoms with Crippen molar-refractivity contribution >= 4 is 5.91 Å². The van der Waals surface area contributed by atoms with Gasteiger partial charge in [0.1, 0.15) is 0 Å². The quantitative estimate of drug-likeness (QED) is 0.609. The first-order chi connectivity index (χ1) is 6.07. The van der Waals surface area contributed by atoms with Crippen LogP contribution in [0, 0.1) is 0 Å². The number of rotatable bonds is 6. The van der Waals surface area contributed by atoms with Gasteiger partial charge < -0.3 is 11.1 Å². The van der Waals surface area contributed by atoms with Crippen molar-refractivity contribution in [3.05, 3.63) is 12.2 Å². The summed E-state index contributed by atoms with van der Waals surface area (Å²) in [5.74, 6) is -0.0727. The Balaban J connectivity index is 3.63. The number of hydrogen-bond acceptors (Lipinski definition) is 2. The molecule has 3 heteroatoms. The first kappa shape index (κ1) is 12.2. The number of carbonyl (C=O) groups is 1. The highest BCUT2D eigenvalue weighted by molar-refractivity contribution is 5.81. The monoisotopic (exact) mass is 184 g/mol. The van der Waals surface area contributed by atoms with Gasteiger partial charge in [0.2, 0.25) is 5.91 Å². The van der Waals surface area contributed by atoms with Crippen LogP contribution in [-0.2, 0) is 4.79 Å². The van der Waals surface area contributed by atoms with Crippen molar-refractivity contribution in [1.82, 2.24) is 5.32 Å². The largest absolute Gasteiger partial charge is 0.351 e. The molecular formula is C10H20N2O. The molecule has 0 aliphatic carbocycles. The maximum atomic E-state index is 11.3. The number of unbranched alkanes of at least 4 members (excludes halogenated alkanes) is 1. The van der Waals surface area contributed by atoms with Crippen LogP contribution in [0.1, 0.15) is 33.1 Å². The molecular weight excluding hydrogens is 164 g/mol. The highest BCUT2D eigenvalue weighted by Crippen LogP contribution is 1.98. The standard InChI is InChI=1S/C10H20N2O/c1-4-5-6-9(11)10(13)12-7-8(2)3/h9H,2,4-7,11H2,1,3H3,(H,12,13)/t9-/m0/s1. The summed E-state index contributed by atoms with van der Waals surface area (Å²) < 4.78 is 0. The molecule has 0 aromatic carbocycles. The fourth-order valence-electron chi connectivity index (χ4n) is 0.924. The minimum Gasteiger partial charge on any atom is -0.351 e. The summed E-state index contributed by atoms with van der Waals surface area (Å²) in [4.78, 5) is 11.3. The van der Waals surface area contributed by atoms with Crippen LogP contribution in [-0.4, -0.2) is 18.5 Å². The number of amides is 1. The van der Waals surface area contributed by atoms with E-state index in [1.54, 1.807) is 0 Å². The predicted molar refractivity (Wildman–Crippen MR) is 55.3 cm³/mol. The normalized spacial score (nSPS) is 12.2. The molecule has 0 rings (SSSR count). The molecule has 0 aliphatic rings. The lowest BCUT2D eigenvalue weighted by molar-refractivity contribution is -0.122. The lowest BCUT2D eigenvalue weighted by Crippen LogP contribution is -2.41. The molecule has 1 atom stereocenters. The number of nitrogens with one attached hydrogen (secondary N) is 1. The molecule has 0 spiro atoms.